The van der Waals surface area contributed by atoms with E-state index in [2.05, 4.69) is 111 Å². The van der Waals surface area contributed by atoms with Crippen molar-refractivity contribution in [3.8, 4) is 0 Å². The van der Waals surface area contributed by atoms with Gasteiger partial charge in [-0.2, -0.15) is 0 Å². The first-order valence-electron chi connectivity index (χ1n) is 18.6. The molecule has 2 unspecified atom stereocenters. The summed E-state index contributed by atoms with van der Waals surface area (Å²) in [6.07, 6.45) is 52.2. The van der Waals surface area contributed by atoms with Gasteiger partial charge in [0, 0.05) is 0 Å². The first-order chi connectivity index (χ1) is 22.6. The third-order valence-corrected chi connectivity index (χ3v) is 7.69. The van der Waals surface area contributed by atoms with Crippen molar-refractivity contribution >= 4 is 5.78 Å². The molecule has 0 amide bonds. The van der Waals surface area contributed by atoms with Crippen molar-refractivity contribution in [1.29, 1.82) is 0 Å². The van der Waals surface area contributed by atoms with Crippen LogP contribution in [-0.4, -0.2) is 18.1 Å². The largest absolute Gasteiger partial charge is 0.293 e. The van der Waals surface area contributed by atoms with Crippen LogP contribution in [0.15, 0.2) is 97.2 Å². The highest BCUT2D eigenvalue weighted by atomic mass is 19.1. The molecule has 0 aromatic carbocycles. The van der Waals surface area contributed by atoms with E-state index >= 15 is 0 Å². The van der Waals surface area contributed by atoms with Gasteiger partial charge in [-0.05, 0) is 116 Å². The van der Waals surface area contributed by atoms with Gasteiger partial charge in [0.15, 0.2) is 12.3 Å². The number of rotatable bonds is 32. The molecule has 0 fully saturated rings. The van der Waals surface area contributed by atoms with E-state index in [9.17, 15) is 13.6 Å². The van der Waals surface area contributed by atoms with E-state index in [1.807, 2.05) is 0 Å². The van der Waals surface area contributed by atoms with Crippen molar-refractivity contribution in [2.75, 3.05) is 0 Å². The number of hydrogen-bond donors (Lipinski definition) is 0. The second-order valence-corrected chi connectivity index (χ2v) is 12.1. The van der Waals surface area contributed by atoms with Crippen molar-refractivity contribution in [2.45, 2.75) is 167 Å². The third-order valence-electron chi connectivity index (χ3n) is 7.69. The van der Waals surface area contributed by atoms with Crippen LogP contribution in [0, 0.1) is 0 Å². The number of allylic oxidation sites excluding steroid dienone is 16. The molecule has 0 spiro atoms. The maximum absolute atomic E-state index is 14.2. The Labute approximate surface area is 283 Å². The lowest BCUT2D eigenvalue weighted by Crippen LogP contribution is -2.26. The van der Waals surface area contributed by atoms with Crippen LogP contribution in [0.3, 0.4) is 0 Å². The van der Waals surface area contributed by atoms with E-state index in [4.69, 9.17) is 0 Å². The van der Waals surface area contributed by atoms with E-state index < -0.39 is 18.1 Å². The van der Waals surface area contributed by atoms with Crippen molar-refractivity contribution < 1.29 is 13.6 Å². The van der Waals surface area contributed by atoms with Crippen LogP contribution in [-0.2, 0) is 4.79 Å². The number of hydrogen-bond acceptors (Lipinski definition) is 1. The Balaban J connectivity index is 3.72. The zero-order valence-corrected chi connectivity index (χ0v) is 29.6. The minimum Gasteiger partial charge on any atom is -0.293 e. The Morgan fingerprint density at radius 3 is 0.891 bits per heavy atom. The Morgan fingerprint density at radius 2 is 0.630 bits per heavy atom. The van der Waals surface area contributed by atoms with Gasteiger partial charge in [-0.15, -0.1) is 0 Å². The number of Topliss-reactive ketones (excluding diaryl/α,β-unsaturated/α-hetero) is 1. The maximum atomic E-state index is 14.2. The summed E-state index contributed by atoms with van der Waals surface area (Å²) in [5.41, 5.74) is 0. The van der Waals surface area contributed by atoms with Gasteiger partial charge in [-0.25, -0.2) is 8.78 Å². The molecule has 0 heterocycles. The highest BCUT2D eigenvalue weighted by Crippen LogP contribution is 2.16. The number of carbonyl (C=O) groups excluding carboxylic acids is 1. The number of alkyl halides is 2. The number of ketones is 1. The number of unbranched alkanes of at least 4 members (excludes halogenated alkanes) is 10. The smallest absolute Gasteiger partial charge is 0.200 e. The quantitative estimate of drug-likeness (QED) is 0.0529. The molecule has 0 aliphatic heterocycles. The van der Waals surface area contributed by atoms with Crippen LogP contribution in [0.5, 0.6) is 0 Å². The number of carbonyl (C=O) groups is 1. The summed E-state index contributed by atoms with van der Waals surface area (Å²) < 4.78 is 28.5. The minimum atomic E-state index is -1.68. The Bertz CT molecular complexity index is 830. The number of halogens is 2. The highest BCUT2D eigenvalue weighted by Gasteiger charge is 2.25. The molecule has 0 radical (unpaired) electrons. The van der Waals surface area contributed by atoms with E-state index in [1.54, 1.807) is 0 Å². The average molecular weight is 639 g/mol. The predicted molar refractivity (Wildman–Crippen MR) is 201 cm³/mol. The Hall–Kier alpha value is -2.55. The molecule has 0 aliphatic carbocycles. The van der Waals surface area contributed by atoms with Gasteiger partial charge < -0.3 is 0 Å². The van der Waals surface area contributed by atoms with Crippen LogP contribution in [0.2, 0.25) is 0 Å². The van der Waals surface area contributed by atoms with Crippen LogP contribution < -0.4 is 0 Å². The lowest BCUT2D eigenvalue weighted by atomic mass is 10.0. The van der Waals surface area contributed by atoms with Gasteiger partial charge in [0.1, 0.15) is 0 Å². The summed E-state index contributed by atoms with van der Waals surface area (Å²) in [5, 5.41) is 0. The first-order valence-corrected chi connectivity index (χ1v) is 18.6. The molecule has 0 aromatic heterocycles. The third kappa shape index (κ3) is 32.8. The van der Waals surface area contributed by atoms with E-state index in [-0.39, 0.29) is 12.8 Å². The monoisotopic (exact) mass is 639 g/mol. The summed E-state index contributed by atoms with van der Waals surface area (Å²) in [4.78, 5) is 12.1. The Morgan fingerprint density at radius 1 is 0.391 bits per heavy atom. The molecular weight excluding hydrogens is 570 g/mol. The van der Waals surface area contributed by atoms with Crippen molar-refractivity contribution in [3.05, 3.63) is 97.2 Å². The van der Waals surface area contributed by atoms with Gasteiger partial charge >= 0.3 is 0 Å². The van der Waals surface area contributed by atoms with Gasteiger partial charge in [0.25, 0.3) is 0 Å². The fourth-order valence-corrected chi connectivity index (χ4v) is 4.77. The van der Waals surface area contributed by atoms with Gasteiger partial charge in [0.2, 0.25) is 5.78 Å². The molecule has 0 saturated carbocycles. The van der Waals surface area contributed by atoms with Crippen molar-refractivity contribution in [2.24, 2.45) is 0 Å². The predicted octanol–water partition coefficient (Wildman–Crippen LogP) is 14.3. The van der Waals surface area contributed by atoms with Crippen molar-refractivity contribution in [3.63, 3.8) is 0 Å². The van der Waals surface area contributed by atoms with Crippen LogP contribution in [0.4, 0.5) is 8.78 Å². The fourth-order valence-electron chi connectivity index (χ4n) is 4.77. The molecule has 46 heavy (non-hydrogen) atoms. The zero-order chi connectivity index (χ0) is 33.6. The van der Waals surface area contributed by atoms with Gasteiger partial charge in [-0.1, -0.05) is 137 Å². The first kappa shape index (κ1) is 43.5. The minimum absolute atomic E-state index is 0.121. The van der Waals surface area contributed by atoms with E-state index in [0.29, 0.717) is 12.8 Å². The molecular formula is C43H68F2O. The molecule has 3 heteroatoms. The SMILES string of the molecule is CCCCC/C=C\C/C=C\C/C=C\C/C=C\CCCCC(F)C(=O)C(F)CCCC/C=C\C/C=C\C/C=C\C/C=C\CCCCC. The fraction of sp³-hybridized carbons (Fsp3) is 0.605. The molecule has 2 atom stereocenters. The van der Waals surface area contributed by atoms with Crippen LogP contribution in [0.25, 0.3) is 0 Å². The van der Waals surface area contributed by atoms with Crippen LogP contribution >= 0.6 is 0 Å². The lowest BCUT2D eigenvalue weighted by molar-refractivity contribution is -0.129. The van der Waals surface area contributed by atoms with Crippen LogP contribution in [0.1, 0.15) is 155 Å². The van der Waals surface area contributed by atoms with Gasteiger partial charge in [-0.3, -0.25) is 4.79 Å². The normalized spacial score (nSPS) is 14.3. The Kier molecular flexibility index (Phi) is 34.9. The van der Waals surface area contributed by atoms with Gasteiger partial charge in [0.05, 0.1) is 0 Å². The topological polar surface area (TPSA) is 17.1 Å². The highest BCUT2D eigenvalue weighted by molar-refractivity contribution is 5.87. The lowest BCUT2D eigenvalue weighted by Gasteiger charge is -2.10. The summed E-state index contributed by atoms with van der Waals surface area (Å²) in [5.74, 6) is -0.865. The molecule has 0 aliphatic rings. The molecule has 0 aromatic rings. The molecule has 0 rings (SSSR count). The second kappa shape index (κ2) is 36.9. The summed E-state index contributed by atoms with van der Waals surface area (Å²) >= 11 is 0. The molecule has 0 bridgehead atoms. The molecule has 0 N–H and O–H groups in total. The molecule has 1 nitrogen and oxygen atoms in total. The molecule has 0 saturated heterocycles. The maximum Gasteiger partial charge on any atom is 0.200 e. The van der Waals surface area contributed by atoms with Crippen molar-refractivity contribution in [1.82, 2.24) is 0 Å². The summed E-state index contributed by atoms with van der Waals surface area (Å²) in [7, 11) is 0. The summed E-state index contributed by atoms with van der Waals surface area (Å²) in [6.45, 7) is 4.46. The summed E-state index contributed by atoms with van der Waals surface area (Å²) in [6, 6.07) is 0. The standard InChI is InChI=1S/C43H68F2O/c1-3-5-7-9-11-13-15-17-19-21-23-25-27-29-31-33-35-37-39-41(44)43(46)42(45)40-38-36-34-32-30-28-26-24-22-20-18-16-14-12-10-8-6-4-2/h11-14,17-20,23-26,29-32,41-42H,3-10,15-16,21-22,27-28,33-40H2,1-2H3/b13-11-,14-12-,19-17-,20-18-,25-23-,26-24-,31-29-,32-30-. The molecule has 260 valence electrons. The zero-order valence-electron chi connectivity index (χ0n) is 29.6. The van der Waals surface area contributed by atoms with E-state index in [0.717, 1.165) is 64.2 Å². The van der Waals surface area contributed by atoms with E-state index in [1.165, 1.54) is 51.4 Å². The average Bonchev–Trinajstić information content (AvgIpc) is 3.06. The second-order valence-electron chi connectivity index (χ2n) is 12.1.